The predicted octanol–water partition coefficient (Wildman–Crippen LogP) is 6.66. The van der Waals surface area contributed by atoms with Crippen LogP contribution in [0.3, 0.4) is 0 Å². The fourth-order valence-corrected chi connectivity index (χ4v) is 4.40. The van der Waals surface area contributed by atoms with Crippen molar-refractivity contribution in [2.24, 2.45) is 7.05 Å². The molecule has 1 amide bonds. The third-order valence-corrected chi connectivity index (χ3v) is 5.84. The number of hydrogen-bond acceptors (Lipinski definition) is 2. The van der Waals surface area contributed by atoms with Gasteiger partial charge in [-0.15, -0.1) is 0 Å². The zero-order valence-electron chi connectivity index (χ0n) is 17.1. The van der Waals surface area contributed by atoms with Crippen LogP contribution in [0.5, 0.6) is 0 Å². The highest BCUT2D eigenvalue weighted by molar-refractivity contribution is 6.30. The van der Waals surface area contributed by atoms with Gasteiger partial charge >= 0.3 is 0 Å². The van der Waals surface area contributed by atoms with Crippen LogP contribution < -0.4 is 4.90 Å². The lowest BCUT2D eigenvalue weighted by molar-refractivity contribution is -0.118. The van der Waals surface area contributed by atoms with Crippen molar-refractivity contribution in [2.75, 3.05) is 4.90 Å². The summed E-state index contributed by atoms with van der Waals surface area (Å²) in [6, 6.07) is 16.6. The van der Waals surface area contributed by atoms with Gasteiger partial charge in [0.2, 0.25) is 5.91 Å². The average molecular weight is 466 g/mol. The Morgan fingerprint density at radius 3 is 2.39 bits per heavy atom. The summed E-state index contributed by atoms with van der Waals surface area (Å²) in [5.74, 6) is -1.62. The van der Waals surface area contributed by atoms with E-state index in [1.165, 1.54) is 12.1 Å². The molecule has 1 unspecified atom stereocenters. The molecule has 0 radical (unpaired) electrons. The van der Waals surface area contributed by atoms with Gasteiger partial charge in [0.15, 0.2) is 5.82 Å². The summed E-state index contributed by atoms with van der Waals surface area (Å²) in [4.78, 5) is 19.4. The number of imidazole rings is 1. The Hall–Kier alpha value is -3.51. The number of aryl methyl sites for hydroxylation is 1. The van der Waals surface area contributed by atoms with E-state index in [2.05, 4.69) is 4.98 Å². The monoisotopic (exact) mass is 465 g/mol. The maximum absolute atomic E-state index is 13.8. The second kappa shape index (κ2) is 8.79. The lowest BCUT2D eigenvalue weighted by Gasteiger charge is -2.15. The summed E-state index contributed by atoms with van der Waals surface area (Å²) in [5.41, 5.74) is 3.73. The van der Waals surface area contributed by atoms with Gasteiger partial charge in [0.25, 0.3) is 0 Å². The summed E-state index contributed by atoms with van der Waals surface area (Å²) >= 11 is 6.16. The second-order valence-electron chi connectivity index (χ2n) is 7.89. The highest BCUT2D eigenvalue weighted by atomic mass is 35.5. The first-order chi connectivity index (χ1) is 15.4. The zero-order chi connectivity index (χ0) is 22.4. The molecule has 1 aliphatic rings. The van der Waals surface area contributed by atoms with Gasteiger partial charge in [-0.1, -0.05) is 37.2 Å². The molecule has 2 heterocycles. The Bertz CT molecular complexity index is 1330. The number of amides is 1. The predicted molar refractivity (Wildman–Crippen MR) is 127 cm³/mol. The Labute approximate surface area is 196 Å². The molecule has 0 spiro atoms. The van der Waals surface area contributed by atoms with E-state index in [-0.39, 0.29) is 19.8 Å². The van der Waals surface area contributed by atoms with E-state index in [1.807, 2.05) is 43.4 Å². The van der Waals surface area contributed by atoms with Crippen molar-refractivity contribution >= 4 is 29.0 Å². The van der Waals surface area contributed by atoms with Gasteiger partial charge in [0, 0.05) is 24.3 Å². The minimum Gasteiger partial charge on any atom is -0.338 e. The molecule has 0 saturated carbocycles. The highest BCUT2D eigenvalue weighted by Gasteiger charge is 2.39. The number of carbonyl (C=O) groups excluding carboxylic acids is 1. The van der Waals surface area contributed by atoms with Crippen molar-refractivity contribution in [1.82, 2.24) is 9.55 Å². The molecule has 168 valence electrons. The van der Waals surface area contributed by atoms with Gasteiger partial charge in [-0.05, 0) is 65.1 Å². The number of rotatable bonds is 4. The largest absolute Gasteiger partial charge is 0.338 e. The van der Waals surface area contributed by atoms with E-state index in [9.17, 15) is 13.6 Å². The van der Waals surface area contributed by atoms with E-state index in [4.69, 9.17) is 11.6 Å². The minimum absolute atomic E-state index is 0. The lowest BCUT2D eigenvalue weighted by Crippen LogP contribution is -2.25. The average Bonchev–Trinajstić information content (AvgIpc) is 3.28. The van der Waals surface area contributed by atoms with Gasteiger partial charge in [-0.2, -0.15) is 0 Å². The van der Waals surface area contributed by atoms with Crippen molar-refractivity contribution in [3.8, 4) is 11.1 Å². The summed E-state index contributed by atoms with van der Waals surface area (Å²) in [6.07, 6.45) is 3.55. The first-order valence-corrected chi connectivity index (χ1v) is 10.4. The Kier molecular flexibility index (Phi) is 6.04. The molecule has 1 aromatic heterocycles. The van der Waals surface area contributed by atoms with Crippen LogP contribution in [0.15, 0.2) is 73.2 Å². The summed E-state index contributed by atoms with van der Waals surface area (Å²) in [6.45, 7) is 0. The minimum atomic E-state index is -0.667. The third-order valence-electron chi connectivity index (χ3n) is 5.60. The Balaban J connectivity index is 0.00000259. The molecule has 3 aromatic carbocycles. The molecule has 0 saturated heterocycles. The number of benzene rings is 3. The summed E-state index contributed by atoms with van der Waals surface area (Å²) < 4.78 is 29.4. The molecule has 4 aromatic rings. The number of nitrogens with zero attached hydrogens (tertiary/aromatic N) is 3. The molecule has 0 N–H and O–H groups in total. The van der Waals surface area contributed by atoms with E-state index >= 15 is 0 Å². The second-order valence-corrected chi connectivity index (χ2v) is 8.33. The molecule has 4 nitrogen and oxygen atoms in total. The number of aromatic nitrogens is 2. The zero-order valence-corrected chi connectivity index (χ0v) is 17.9. The molecule has 1 aliphatic heterocycles. The standard InChI is InChI=1S/C25H18ClF2N3O.CH4/c1-30-13-24(29-14-30)31-23-6-5-17(16-3-2-4-18(26)10-16)11-21(23)22(25(31)32)9-15-7-19(27)12-20(28)8-15;/h2-8,10-14,22H,9H2,1H3;1H4. The molecule has 0 fully saturated rings. The highest BCUT2D eigenvalue weighted by Crippen LogP contribution is 2.44. The normalized spacial score (nSPS) is 14.8. The van der Waals surface area contributed by atoms with Gasteiger partial charge in [-0.25, -0.2) is 13.8 Å². The van der Waals surface area contributed by atoms with E-state index < -0.39 is 17.6 Å². The first-order valence-electron chi connectivity index (χ1n) is 10.1. The molecular weight excluding hydrogens is 444 g/mol. The number of hydrogen-bond donors (Lipinski definition) is 0. The van der Waals surface area contributed by atoms with Crippen LogP contribution in [-0.4, -0.2) is 15.5 Å². The topological polar surface area (TPSA) is 38.1 Å². The van der Waals surface area contributed by atoms with Crippen molar-refractivity contribution in [1.29, 1.82) is 0 Å². The maximum atomic E-state index is 13.8. The van der Waals surface area contributed by atoms with Crippen LogP contribution in [0, 0.1) is 11.6 Å². The summed E-state index contributed by atoms with van der Waals surface area (Å²) in [5, 5.41) is 0.612. The molecule has 0 aliphatic carbocycles. The van der Waals surface area contributed by atoms with Gasteiger partial charge < -0.3 is 4.57 Å². The molecule has 5 rings (SSSR count). The van der Waals surface area contributed by atoms with Crippen LogP contribution in [0.4, 0.5) is 20.3 Å². The van der Waals surface area contributed by atoms with Crippen LogP contribution in [0.25, 0.3) is 11.1 Å². The van der Waals surface area contributed by atoms with Gasteiger partial charge in [-0.3, -0.25) is 9.69 Å². The van der Waals surface area contributed by atoms with Crippen molar-refractivity contribution in [3.05, 3.63) is 101 Å². The van der Waals surface area contributed by atoms with E-state index in [0.29, 0.717) is 22.1 Å². The number of halogens is 3. The number of anilines is 2. The quantitative estimate of drug-likeness (QED) is 0.338. The fraction of sp³-hybridized carbons (Fsp3) is 0.154. The number of fused-ring (bicyclic) bond motifs is 1. The maximum Gasteiger partial charge on any atom is 0.240 e. The molecule has 33 heavy (non-hydrogen) atoms. The van der Waals surface area contributed by atoms with Crippen LogP contribution >= 0.6 is 11.6 Å². The van der Waals surface area contributed by atoms with Gasteiger partial charge in [0.1, 0.15) is 11.6 Å². The first kappa shape index (κ1) is 22.7. The fourth-order valence-electron chi connectivity index (χ4n) is 4.21. The Morgan fingerprint density at radius 2 is 1.73 bits per heavy atom. The van der Waals surface area contributed by atoms with Crippen molar-refractivity contribution in [2.45, 2.75) is 19.8 Å². The molecule has 7 heteroatoms. The lowest BCUT2D eigenvalue weighted by atomic mass is 9.91. The summed E-state index contributed by atoms with van der Waals surface area (Å²) in [7, 11) is 1.83. The number of carbonyl (C=O) groups is 1. The smallest absolute Gasteiger partial charge is 0.240 e. The van der Waals surface area contributed by atoms with Crippen molar-refractivity contribution in [3.63, 3.8) is 0 Å². The SMILES string of the molecule is C.Cn1cnc(N2C(=O)C(Cc3cc(F)cc(F)c3)c3cc(-c4cccc(Cl)c4)ccc32)c1. The van der Waals surface area contributed by atoms with Crippen LogP contribution in [0.1, 0.15) is 24.5 Å². The third kappa shape index (κ3) is 4.26. The van der Waals surface area contributed by atoms with Crippen molar-refractivity contribution < 1.29 is 13.6 Å². The van der Waals surface area contributed by atoms with Crippen LogP contribution in [0.2, 0.25) is 5.02 Å². The molecule has 0 bridgehead atoms. The van der Waals surface area contributed by atoms with E-state index in [1.54, 1.807) is 28.1 Å². The molecule has 1 atom stereocenters. The van der Waals surface area contributed by atoms with E-state index in [0.717, 1.165) is 22.8 Å². The molecular formula is C26H22ClF2N3O. The Morgan fingerprint density at radius 1 is 1.00 bits per heavy atom. The van der Waals surface area contributed by atoms with Gasteiger partial charge in [0.05, 0.1) is 17.9 Å². The van der Waals surface area contributed by atoms with Crippen LogP contribution in [-0.2, 0) is 18.3 Å².